The fourth-order valence-corrected chi connectivity index (χ4v) is 16.3. The number of rotatable bonds is 8. The van der Waals surface area contributed by atoms with Gasteiger partial charge in [-0.15, -0.1) is 0 Å². The molecule has 9 rings (SSSR count). The van der Waals surface area contributed by atoms with Crippen molar-refractivity contribution in [2.45, 2.75) is 142 Å². The van der Waals surface area contributed by atoms with Crippen LogP contribution >= 0.6 is 0 Å². The molecule has 4 heteroatoms. The second-order valence-corrected chi connectivity index (χ2v) is 29.5. The molecular weight excluding hydrogens is 709 g/mol. The van der Waals surface area contributed by atoms with E-state index in [-0.39, 0.29) is 0 Å². The fraction of sp³-hybridized carbons (Fsp3) is 0.423. The van der Waals surface area contributed by atoms with E-state index in [9.17, 15) is 0 Å². The zero-order valence-electron chi connectivity index (χ0n) is 35.3. The van der Waals surface area contributed by atoms with E-state index in [1.54, 1.807) is 44.5 Å². The summed E-state index contributed by atoms with van der Waals surface area (Å²) in [5.74, 6) is 0. The van der Waals surface area contributed by atoms with Gasteiger partial charge in [0.1, 0.15) is 0 Å². The van der Waals surface area contributed by atoms with Crippen molar-refractivity contribution in [2.24, 2.45) is 0 Å². The van der Waals surface area contributed by atoms with Crippen LogP contribution in [0.25, 0.3) is 0 Å². The quantitative estimate of drug-likeness (QED) is 0.145. The molecule has 0 fully saturated rings. The Morgan fingerprint density at radius 1 is 0.304 bits per heavy atom. The van der Waals surface area contributed by atoms with Gasteiger partial charge in [0.15, 0.2) is 0 Å². The average Bonchev–Trinajstić information content (AvgIpc) is 3.21. The van der Waals surface area contributed by atoms with Gasteiger partial charge >= 0.3 is 0 Å². The smallest absolute Gasteiger partial charge is 0.0783 e. The Kier molecular flexibility index (Phi) is 10.2. The Balaban J connectivity index is 1.25. The zero-order valence-corrected chi connectivity index (χ0v) is 37.3. The lowest BCUT2D eigenvalue weighted by molar-refractivity contribution is 0.663. The highest BCUT2D eigenvalue weighted by Crippen LogP contribution is 2.49. The van der Waals surface area contributed by atoms with Gasteiger partial charge in [0.2, 0.25) is 0 Å². The molecule has 0 N–H and O–H groups in total. The second kappa shape index (κ2) is 15.1. The molecule has 0 aliphatic heterocycles. The van der Waals surface area contributed by atoms with Gasteiger partial charge in [-0.05, 0) is 196 Å². The van der Waals surface area contributed by atoms with Crippen LogP contribution in [0.15, 0.2) is 84.9 Å². The normalized spacial score (nSPS) is 16.7. The molecule has 4 aliphatic rings. The van der Waals surface area contributed by atoms with Gasteiger partial charge in [-0.1, -0.05) is 86.1 Å². The highest BCUT2D eigenvalue weighted by molar-refractivity contribution is 6.90. The molecule has 4 aliphatic carbocycles. The molecule has 5 aromatic carbocycles. The van der Waals surface area contributed by atoms with Gasteiger partial charge in [-0.3, -0.25) is 0 Å². The van der Waals surface area contributed by atoms with Crippen molar-refractivity contribution in [1.29, 1.82) is 0 Å². The number of fused-ring (bicyclic) bond motifs is 4. The summed E-state index contributed by atoms with van der Waals surface area (Å²) in [6.07, 6.45) is 20.2. The van der Waals surface area contributed by atoms with Crippen LogP contribution in [0.2, 0.25) is 39.3 Å². The third kappa shape index (κ3) is 6.73. The summed E-state index contributed by atoms with van der Waals surface area (Å²) in [5.41, 5.74) is 21.8. The van der Waals surface area contributed by atoms with Crippen molar-refractivity contribution < 1.29 is 0 Å². The summed E-state index contributed by atoms with van der Waals surface area (Å²) in [6.45, 7) is 15.6. The van der Waals surface area contributed by atoms with Crippen molar-refractivity contribution in [1.82, 2.24) is 0 Å². The Hall–Kier alpha value is -3.87. The van der Waals surface area contributed by atoms with E-state index in [4.69, 9.17) is 0 Å². The lowest BCUT2D eigenvalue weighted by atomic mass is 9.80. The summed E-state index contributed by atoms with van der Waals surface area (Å²) >= 11 is 0. The molecule has 0 amide bonds. The minimum Gasteiger partial charge on any atom is -0.310 e. The van der Waals surface area contributed by atoms with E-state index in [2.05, 4.69) is 134 Å². The molecule has 0 spiro atoms. The summed E-state index contributed by atoms with van der Waals surface area (Å²) in [7, 11) is -3.10. The number of benzene rings is 5. The van der Waals surface area contributed by atoms with Crippen LogP contribution in [0.4, 0.5) is 34.1 Å². The molecule has 0 radical (unpaired) electrons. The number of anilines is 6. The highest BCUT2D eigenvalue weighted by Gasteiger charge is 2.37. The topological polar surface area (TPSA) is 6.48 Å². The maximum absolute atomic E-state index is 2.69. The van der Waals surface area contributed by atoms with Crippen LogP contribution < -0.4 is 20.2 Å². The van der Waals surface area contributed by atoms with Crippen molar-refractivity contribution >= 4 is 60.6 Å². The number of nitrogens with zero attached hydrogens (tertiary/aromatic N) is 2. The molecule has 0 unspecified atom stereocenters. The minimum absolute atomic E-state index is 1.20. The number of para-hydroxylation sites is 2. The maximum Gasteiger partial charge on any atom is 0.0783 e. The van der Waals surface area contributed by atoms with Crippen molar-refractivity contribution in [3.8, 4) is 0 Å². The van der Waals surface area contributed by atoms with Crippen molar-refractivity contribution in [3.63, 3.8) is 0 Å². The Morgan fingerprint density at radius 2 is 0.536 bits per heavy atom. The first-order valence-corrected chi connectivity index (χ1v) is 29.3. The van der Waals surface area contributed by atoms with Crippen LogP contribution in [0.5, 0.6) is 0 Å². The van der Waals surface area contributed by atoms with E-state index in [1.165, 1.54) is 137 Å². The third-order valence-electron chi connectivity index (χ3n) is 13.6. The lowest BCUT2D eigenvalue weighted by Crippen LogP contribution is -2.45. The molecule has 56 heavy (non-hydrogen) atoms. The van der Waals surface area contributed by atoms with E-state index in [1.807, 2.05) is 10.4 Å². The summed E-state index contributed by atoms with van der Waals surface area (Å²) in [4.78, 5) is 5.37. The van der Waals surface area contributed by atoms with Crippen LogP contribution in [0, 0.1) is 0 Å². The fourth-order valence-electron chi connectivity index (χ4n) is 11.6. The van der Waals surface area contributed by atoms with E-state index >= 15 is 0 Å². The molecular formula is C52H64N2Si2. The van der Waals surface area contributed by atoms with Crippen LogP contribution in [-0.4, -0.2) is 16.1 Å². The third-order valence-corrected chi connectivity index (χ3v) is 17.8. The Morgan fingerprint density at radius 3 is 0.786 bits per heavy atom. The first-order chi connectivity index (χ1) is 27.1. The van der Waals surface area contributed by atoms with Crippen LogP contribution in [0.3, 0.4) is 0 Å². The van der Waals surface area contributed by atoms with Gasteiger partial charge in [0.05, 0.1) is 27.5 Å². The van der Waals surface area contributed by atoms with Crippen molar-refractivity contribution in [2.75, 3.05) is 9.80 Å². The lowest BCUT2D eigenvalue weighted by Gasteiger charge is -2.40. The van der Waals surface area contributed by atoms with Crippen LogP contribution in [-0.2, 0) is 51.4 Å². The predicted molar refractivity (Wildman–Crippen MR) is 248 cm³/mol. The van der Waals surface area contributed by atoms with Gasteiger partial charge < -0.3 is 9.80 Å². The van der Waals surface area contributed by atoms with Gasteiger partial charge in [0, 0.05) is 22.7 Å². The monoisotopic (exact) mass is 772 g/mol. The molecule has 2 nitrogen and oxygen atoms in total. The predicted octanol–water partition coefficient (Wildman–Crippen LogP) is 13.2. The largest absolute Gasteiger partial charge is 0.310 e. The maximum atomic E-state index is 2.69. The van der Waals surface area contributed by atoms with E-state index in [0.29, 0.717) is 0 Å². The first-order valence-electron chi connectivity index (χ1n) is 22.3. The zero-order chi connectivity index (χ0) is 38.6. The highest BCUT2D eigenvalue weighted by atomic mass is 28.3. The van der Waals surface area contributed by atoms with Crippen molar-refractivity contribution in [3.05, 3.63) is 129 Å². The molecule has 0 atom stereocenters. The molecule has 0 saturated carbocycles. The standard InChI is InChI=1S/C52H64N2Si2/c1-55(2,3)51-45-29-17-13-25-41(45)49(42-26-14-18-30-46(42)51)53(37-21-9-7-10-22-37)39-33-35-40(36-34-39)54(38-23-11-8-12-24-38)50-43-27-15-19-31-47(43)52(56(4,5)6)48-32-20-16-28-44(48)50/h7-12,21-24,33-36H,13-20,25-32H2,1-6H3. The van der Waals surface area contributed by atoms with Gasteiger partial charge in [-0.2, -0.15) is 0 Å². The number of hydrogen-bond donors (Lipinski definition) is 0. The first kappa shape index (κ1) is 37.7. The second-order valence-electron chi connectivity index (χ2n) is 19.5. The van der Waals surface area contributed by atoms with Gasteiger partial charge in [0.25, 0.3) is 0 Å². The summed E-state index contributed by atoms with van der Waals surface area (Å²) in [6, 6.07) is 32.5. The van der Waals surface area contributed by atoms with E-state index in [0.717, 1.165) is 0 Å². The molecule has 5 aromatic rings. The summed E-state index contributed by atoms with van der Waals surface area (Å²) in [5, 5.41) is 3.64. The molecule has 0 bridgehead atoms. The molecule has 0 heterocycles. The SMILES string of the molecule is C[Si](C)(C)c1c2c(c(N(c3ccccc3)c3ccc(N(c4ccccc4)c4c5c(c([Si](C)(C)C)c6c4CCCC6)CCCC5)cc3)c3c1CCCC3)CCCC2. The Bertz CT molecular complexity index is 1990. The van der Waals surface area contributed by atoms with Crippen LogP contribution in [0.1, 0.15) is 95.9 Å². The molecule has 0 aromatic heterocycles. The number of hydrogen-bond acceptors (Lipinski definition) is 2. The summed E-state index contributed by atoms with van der Waals surface area (Å²) < 4.78 is 0. The molecule has 290 valence electrons. The van der Waals surface area contributed by atoms with E-state index < -0.39 is 16.1 Å². The average molecular weight is 773 g/mol. The Labute approximate surface area is 340 Å². The molecule has 0 saturated heterocycles. The minimum atomic E-state index is -1.55. The van der Waals surface area contributed by atoms with Gasteiger partial charge in [-0.25, -0.2) is 0 Å².